The van der Waals surface area contributed by atoms with Gasteiger partial charge in [-0.15, -0.1) is 0 Å². The second kappa shape index (κ2) is 14.9. The van der Waals surface area contributed by atoms with Gasteiger partial charge in [-0.25, -0.2) is 19.9 Å². The Balaban J connectivity index is 1.12. The van der Waals surface area contributed by atoms with Crippen LogP contribution in [0.5, 0.6) is 0 Å². The molecule has 278 valence electrons. The summed E-state index contributed by atoms with van der Waals surface area (Å²) >= 11 is 0. The van der Waals surface area contributed by atoms with Gasteiger partial charge in [-0.3, -0.25) is 15.0 Å². The molecule has 4 aromatic carbocycles. The van der Waals surface area contributed by atoms with E-state index in [9.17, 15) is 4.79 Å². The first-order valence-electron chi connectivity index (χ1n) is 18.4. The summed E-state index contributed by atoms with van der Waals surface area (Å²) in [6.45, 7) is 3.86. The summed E-state index contributed by atoms with van der Waals surface area (Å²) in [5.41, 5.74) is 10.7. The van der Waals surface area contributed by atoms with E-state index in [1.807, 2.05) is 48.9 Å². The van der Waals surface area contributed by atoms with Gasteiger partial charge in [-0.05, 0) is 72.3 Å². The standard InChI is InChI=1S/C42H39N13O/c1-43-40(56)28-4-3-5-33(16-28)49-42-52-38-19-27(32-24-47-48-25-32)8-10-35(38)39(53-42)20-30-17-34(55-14-12-54(2)13-15-55)9-11-36(30)50-41-44-21-29-7-6-26(18-37(29)51-41)31-22-45-46-23-31/h3-11,16-19,21-25H,12-15,20H2,1-2H3,(H,43,56)(H,45,46)(H,47,48)(H,44,50,51)(H,49,52,53). The molecule has 14 heteroatoms. The van der Waals surface area contributed by atoms with Crippen molar-refractivity contribution in [3.05, 3.63) is 127 Å². The monoisotopic (exact) mass is 741 g/mol. The zero-order chi connectivity index (χ0) is 38.0. The number of likely N-dealkylation sites (N-methyl/N-ethyl adjacent to an activating group) is 1. The van der Waals surface area contributed by atoms with E-state index >= 15 is 0 Å². The van der Waals surface area contributed by atoms with E-state index in [-0.39, 0.29) is 5.91 Å². The molecule has 1 aliphatic heterocycles. The van der Waals surface area contributed by atoms with E-state index in [4.69, 9.17) is 19.9 Å². The average Bonchev–Trinajstić information content (AvgIpc) is 3.98. The Morgan fingerprint density at radius 1 is 0.732 bits per heavy atom. The number of anilines is 5. The predicted molar refractivity (Wildman–Crippen MR) is 220 cm³/mol. The molecule has 0 saturated carbocycles. The van der Waals surface area contributed by atoms with Crippen LogP contribution in [-0.4, -0.2) is 91.4 Å². The van der Waals surface area contributed by atoms with Gasteiger partial charge in [0.25, 0.3) is 5.91 Å². The number of amides is 1. The number of carbonyl (C=O) groups is 1. The molecule has 0 spiro atoms. The summed E-state index contributed by atoms with van der Waals surface area (Å²) in [6.07, 6.45) is 9.65. The number of hydrogen-bond donors (Lipinski definition) is 5. The SMILES string of the molecule is CNC(=O)c1cccc(Nc2nc(Cc3cc(N4CCN(C)CC4)ccc3Nc3ncc4ccc(-c5cn[nH]c5)cc4n3)c3ccc(-c4cn[nH]c4)cc3n2)c1. The lowest BCUT2D eigenvalue weighted by Gasteiger charge is -2.34. The number of piperazine rings is 1. The van der Waals surface area contributed by atoms with E-state index in [1.165, 1.54) is 0 Å². The number of H-pyrrole nitrogens is 2. The minimum Gasteiger partial charge on any atom is -0.369 e. The van der Waals surface area contributed by atoms with Crippen LogP contribution in [-0.2, 0) is 6.42 Å². The molecule has 1 amide bonds. The summed E-state index contributed by atoms with van der Waals surface area (Å²) < 4.78 is 0. The van der Waals surface area contributed by atoms with Gasteiger partial charge in [-0.2, -0.15) is 10.2 Å². The zero-order valence-electron chi connectivity index (χ0n) is 30.9. The van der Waals surface area contributed by atoms with Crippen LogP contribution < -0.4 is 20.9 Å². The van der Waals surface area contributed by atoms with Crippen LogP contribution in [0.4, 0.5) is 29.0 Å². The highest BCUT2D eigenvalue weighted by Gasteiger charge is 2.19. The molecule has 0 atom stereocenters. The molecule has 14 nitrogen and oxygen atoms in total. The molecule has 8 aromatic rings. The van der Waals surface area contributed by atoms with Crippen molar-refractivity contribution >= 4 is 56.7 Å². The lowest BCUT2D eigenvalue weighted by molar-refractivity contribution is 0.0963. The van der Waals surface area contributed by atoms with Crippen LogP contribution in [0.25, 0.3) is 44.1 Å². The van der Waals surface area contributed by atoms with E-state index in [1.54, 1.807) is 31.6 Å². The van der Waals surface area contributed by atoms with E-state index in [0.29, 0.717) is 29.6 Å². The third kappa shape index (κ3) is 7.20. The summed E-state index contributed by atoms with van der Waals surface area (Å²) in [7, 11) is 3.78. The fourth-order valence-corrected chi connectivity index (χ4v) is 7.07. The Kier molecular flexibility index (Phi) is 9.21. The number of fused-ring (bicyclic) bond motifs is 2. The quantitative estimate of drug-likeness (QED) is 0.103. The van der Waals surface area contributed by atoms with Gasteiger partial charge in [0, 0.05) is 103 Å². The van der Waals surface area contributed by atoms with Crippen LogP contribution in [0.3, 0.4) is 0 Å². The number of rotatable bonds is 10. The van der Waals surface area contributed by atoms with Gasteiger partial charge in [-0.1, -0.05) is 30.3 Å². The second-order valence-corrected chi connectivity index (χ2v) is 13.9. The van der Waals surface area contributed by atoms with Crippen LogP contribution in [0.1, 0.15) is 21.6 Å². The highest BCUT2D eigenvalue weighted by Crippen LogP contribution is 2.32. The van der Waals surface area contributed by atoms with Crippen LogP contribution in [0.15, 0.2) is 110 Å². The van der Waals surface area contributed by atoms with E-state index in [0.717, 1.165) is 92.9 Å². The predicted octanol–water partition coefficient (Wildman–Crippen LogP) is 6.54. The number of nitrogens with one attached hydrogen (secondary N) is 5. The number of benzene rings is 4. The lowest BCUT2D eigenvalue weighted by Crippen LogP contribution is -2.44. The molecule has 0 bridgehead atoms. The smallest absolute Gasteiger partial charge is 0.251 e. The first-order chi connectivity index (χ1) is 27.5. The van der Waals surface area contributed by atoms with Gasteiger partial charge >= 0.3 is 0 Å². The maximum Gasteiger partial charge on any atom is 0.251 e. The molecule has 1 aliphatic rings. The lowest BCUT2D eigenvalue weighted by atomic mass is 10.0. The number of nitrogens with zero attached hydrogens (tertiary/aromatic N) is 8. The normalized spacial score (nSPS) is 13.3. The molecule has 56 heavy (non-hydrogen) atoms. The van der Waals surface area contributed by atoms with Crippen molar-refractivity contribution in [2.45, 2.75) is 6.42 Å². The van der Waals surface area contributed by atoms with Crippen LogP contribution >= 0.6 is 0 Å². The third-order valence-electron chi connectivity index (χ3n) is 10.2. The fourth-order valence-electron chi connectivity index (χ4n) is 7.07. The third-order valence-corrected chi connectivity index (χ3v) is 10.2. The van der Waals surface area contributed by atoms with Gasteiger partial charge in [0.1, 0.15) is 0 Å². The van der Waals surface area contributed by atoms with Crippen molar-refractivity contribution in [1.29, 1.82) is 0 Å². The average molecular weight is 742 g/mol. The van der Waals surface area contributed by atoms with Crippen molar-refractivity contribution in [2.24, 2.45) is 0 Å². The number of aromatic nitrogens is 8. The minimum atomic E-state index is -0.174. The molecule has 0 unspecified atom stereocenters. The molecule has 0 aliphatic carbocycles. The van der Waals surface area contributed by atoms with Crippen molar-refractivity contribution in [3.63, 3.8) is 0 Å². The maximum absolute atomic E-state index is 12.4. The maximum atomic E-state index is 12.4. The van der Waals surface area contributed by atoms with Gasteiger partial charge < -0.3 is 25.8 Å². The summed E-state index contributed by atoms with van der Waals surface area (Å²) in [5, 5.41) is 25.5. The van der Waals surface area contributed by atoms with Crippen LogP contribution in [0, 0.1) is 0 Å². The molecule has 4 aromatic heterocycles. The molecule has 5 heterocycles. The number of hydrogen-bond acceptors (Lipinski definition) is 11. The second-order valence-electron chi connectivity index (χ2n) is 13.9. The van der Waals surface area contributed by atoms with Crippen molar-refractivity contribution < 1.29 is 4.79 Å². The Morgan fingerprint density at radius 3 is 2.23 bits per heavy atom. The Labute approximate surface area is 322 Å². The van der Waals surface area contributed by atoms with Crippen molar-refractivity contribution in [1.82, 2.24) is 50.5 Å². The first-order valence-corrected chi connectivity index (χ1v) is 18.4. The summed E-state index contributed by atoms with van der Waals surface area (Å²) in [5.74, 6) is 0.737. The van der Waals surface area contributed by atoms with E-state index < -0.39 is 0 Å². The van der Waals surface area contributed by atoms with Crippen molar-refractivity contribution in [2.75, 3.05) is 55.8 Å². The molecular weight excluding hydrogens is 703 g/mol. The fraction of sp³-hybridized carbons (Fsp3) is 0.167. The number of aromatic amines is 2. The number of carbonyl (C=O) groups excluding carboxylic acids is 1. The topological polar surface area (TPSA) is 169 Å². The molecule has 1 saturated heterocycles. The minimum absolute atomic E-state index is 0.174. The molecule has 0 radical (unpaired) electrons. The highest BCUT2D eigenvalue weighted by atomic mass is 16.1. The first kappa shape index (κ1) is 34.6. The molecule has 5 N–H and O–H groups in total. The van der Waals surface area contributed by atoms with E-state index in [2.05, 4.69) is 89.6 Å². The molecule has 9 rings (SSSR count). The zero-order valence-corrected chi connectivity index (χ0v) is 30.9. The van der Waals surface area contributed by atoms with Crippen molar-refractivity contribution in [3.8, 4) is 22.3 Å². The highest BCUT2D eigenvalue weighted by molar-refractivity contribution is 5.95. The Bertz CT molecular complexity index is 2670. The molecule has 1 fully saturated rings. The van der Waals surface area contributed by atoms with Gasteiger partial charge in [0.2, 0.25) is 11.9 Å². The van der Waals surface area contributed by atoms with Gasteiger partial charge in [0.15, 0.2) is 0 Å². The molecular formula is C42H39N13O. The Hall–Kier alpha value is -7.19. The largest absolute Gasteiger partial charge is 0.369 e. The van der Waals surface area contributed by atoms with Gasteiger partial charge in [0.05, 0.1) is 29.1 Å². The summed E-state index contributed by atoms with van der Waals surface area (Å²) in [4.78, 5) is 37.0. The Morgan fingerprint density at radius 2 is 1.48 bits per heavy atom. The summed E-state index contributed by atoms with van der Waals surface area (Å²) in [6, 6.07) is 26.1. The van der Waals surface area contributed by atoms with Crippen LogP contribution in [0.2, 0.25) is 0 Å².